The number of anilines is 1. The first-order valence-corrected chi connectivity index (χ1v) is 6.72. The van der Waals surface area contributed by atoms with E-state index in [0.717, 1.165) is 5.56 Å². The van der Waals surface area contributed by atoms with Crippen LogP contribution in [-0.4, -0.2) is 18.3 Å². The third-order valence-electron chi connectivity index (χ3n) is 2.52. The molecule has 1 rings (SSSR count). The normalized spacial score (nSPS) is 12.9. The van der Waals surface area contributed by atoms with Gasteiger partial charge < -0.3 is 9.57 Å². The summed E-state index contributed by atoms with van der Waals surface area (Å²) in [5, 5.41) is 3.18. The van der Waals surface area contributed by atoms with Crippen LogP contribution in [0.3, 0.4) is 0 Å². The molecule has 1 unspecified atom stereocenters. The van der Waals surface area contributed by atoms with Gasteiger partial charge in [0.2, 0.25) is 0 Å². The van der Waals surface area contributed by atoms with Crippen molar-refractivity contribution in [2.24, 2.45) is 5.90 Å². The molecule has 0 heterocycles. The fourth-order valence-electron chi connectivity index (χ4n) is 1.66. The Morgan fingerprint density at radius 3 is 2.60 bits per heavy atom. The van der Waals surface area contributed by atoms with Crippen LogP contribution >= 0.6 is 11.6 Å². The van der Waals surface area contributed by atoms with Gasteiger partial charge in [-0.05, 0) is 38.5 Å². The molecule has 0 saturated carbocycles. The second-order valence-corrected chi connectivity index (χ2v) is 6.00. The number of ether oxygens (including phenoxy) is 1. The number of amides is 1. The van der Waals surface area contributed by atoms with Crippen molar-refractivity contribution in [3.63, 3.8) is 0 Å². The Labute approximate surface area is 124 Å². The first-order chi connectivity index (χ1) is 9.23. The van der Waals surface area contributed by atoms with Crippen molar-refractivity contribution in [2.75, 3.05) is 11.9 Å². The Morgan fingerprint density at radius 2 is 2.10 bits per heavy atom. The molecule has 1 aromatic carbocycles. The van der Waals surface area contributed by atoms with Gasteiger partial charge in [-0.25, -0.2) is 10.7 Å². The van der Waals surface area contributed by atoms with Crippen molar-refractivity contribution < 1.29 is 14.4 Å². The molecule has 3 N–H and O–H groups in total. The second kappa shape index (κ2) is 6.92. The van der Waals surface area contributed by atoms with Crippen molar-refractivity contribution in [1.82, 2.24) is 0 Å². The summed E-state index contributed by atoms with van der Waals surface area (Å²) in [7, 11) is 0. The SMILES string of the molecule is CC(CON)c1ccc(NC(=O)OC(C)(C)C)cc1Cl. The van der Waals surface area contributed by atoms with Crippen molar-refractivity contribution in [1.29, 1.82) is 0 Å². The lowest BCUT2D eigenvalue weighted by molar-refractivity contribution is 0.0636. The minimum Gasteiger partial charge on any atom is -0.444 e. The summed E-state index contributed by atoms with van der Waals surface area (Å²) < 4.78 is 5.17. The van der Waals surface area contributed by atoms with Gasteiger partial charge in [-0.1, -0.05) is 24.6 Å². The van der Waals surface area contributed by atoms with Crippen LogP contribution in [0.15, 0.2) is 18.2 Å². The average Bonchev–Trinajstić information content (AvgIpc) is 2.26. The van der Waals surface area contributed by atoms with Crippen LogP contribution in [0.1, 0.15) is 39.2 Å². The third-order valence-corrected chi connectivity index (χ3v) is 2.85. The van der Waals surface area contributed by atoms with Gasteiger partial charge in [0.1, 0.15) is 5.60 Å². The molecule has 0 fully saturated rings. The van der Waals surface area contributed by atoms with Crippen LogP contribution in [0.4, 0.5) is 10.5 Å². The molecule has 0 radical (unpaired) electrons. The maximum atomic E-state index is 11.6. The number of carbonyl (C=O) groups is 1. The van der Waals surface area contributed by atoms with Crippen molar-refractivity contribution in [3.05, 3.63) is 28.8 Å². The quantitative estimate of drug-likeness (QED) is 0.832. The maximum Gasteiger partial charge on any atom is 0.412 e. The lowest BCUT2D eigenvalue weighted by Crippen LogP contribution is -2.27. The fourth-order valence-corrected chi connectivity index (χ4v) is 2.03. The largest absolute Gasteiger partial charge is 0.444 e. The Hall–Kier alpha value is -1.30. The van der Waals surface area contributed by atoms with E-state index in [1.165, 1.54) is 0 Å². The summed E-state index contributed by atoms with van der Waals surface area (Å²) in [6.45, 7) is 7.74. The van der Waals surface area contributed by atoms with Gasteiger partial charge in [-0.3, -0.25) is 5.32 Å². The van der Waals surface area contributed by atoms with E-state index in [0.29, 0.717) is 17.3 Å². The number of nitrogens with two attached hydrogens (primary N) is 1. The van der Waals surface area contributed by atoms with E-state index in [-0.39, 0.29) is 5.92 Å². The molecule has 0 saturated heterocycles. The number of hydrogen-bond acceptors (Lipinski definition) is 4. The minimum atomic E-state index is -0.541. The highest BCUT2D eigenvalue weighted by Gasteiger charge is 2.17. The van der Waals surface area contributed by atoms with Crippen LogP contribution in [0.25, 0.3) is 0 Å². The summed E-state index contributed by atoms with van der Waals surface area (Å²) in [6, 6.07) is 5.27. The predicted molar refractivity (Wildman–Crippen MR) is 79.9 cm³/mol. The summed E-state index contributed by atoms with van der Waals surface area (Å²) in [5.74, 6) is 5.13. The first-order valence-electron chi connectivity index (χ1n) is 6.34. The number of benzene rings is 1. The Kier molecular flexibility index (Phi) is 5.80. The van der Waals surface area contributed by atoms with E-state index in [4.69, 9.17) is 22.2 Å². The molecular weight excluding hydrogens is 280 g/mol. The van der Waals surface area contributed by atoms with E-state index < -0.39 is 11.7 Å². The molecule has 0 aliphatic heterocycles. The summed E-state index contributed by atoms with van der Waals surface area (Å²) in [6.07, 6.45) is -0.514. The smallest absolute Gasteiger partial charge is 0.412 e. The molecule has 0 bridgehead atoms. The highest BCUT2D eigenvalue weighted by atomic mass is 35.5. The van der Waals surface area contributed by atoms with Crippen molar-refractivity contribution >= 4 is 23.4 Å². The van der Waals surface area contributed by atoms with Crippen LogP contribution < -0.4 is 11.2 Å². The highest BCUT2D eigenvalue weighted by Crippen LogP contribution is 2.27. The lowest BCUT2D eigenvalue weighted by atomic mass is 10.0. The Balaban J connectivity index is 2.75. The molecule has 0 aliphatic rings. The number of rotatable bonds is 4. The van der Waals surface area contributed by atoms with E-state index >= 15 is 0 Å². The molecule has 0 spiro atoms. The van der Waals surface area contributed by atoms with E-state index in [1.807, 2.05) is 13.0 Å². The van der Waals surface area contributed by atoms with Gasteiger partial charge in [0.15, 0.2) is 0 Å². The van der Waals surface area contributed by atoms with Crippen LogP contribution in [0.2, 0.25) is 5.02 Å². The highest BCUT2D eigenvalue weighted by molar-refractivity contribution is 6.31. The standard InChI is InChI=1S/C14H21ClN2O3/c1-9(8-19-16)11-6-5-10(7-12(11)15)17-13(18)20-14(2,3)4/h5-7,9H,8,16H2,1-4H3,(H,17,18). The zero-order chi connectivity index (χ0) is 15.3. The molecule has 0 aliphatic carbocycles. The van der Waals surface area contributed by atoms with Gasteiger partial charge >= 0.3 is 6.09 Å². The van der Waals surface area contributed by atoms with E-state index in [1.54, 1.807) is 32.9 Å². The molecular formula is C14H21ClN2O3. The molecule has 1 atom stereocenters. The zero-order valence-corrected chi connectivity index (χ0v) is 13.0. The van der Waals surface area contributed by atoms with E-state index in [9.17, 15) is 4.79 Å². The van der Waals surface area contributed by atoms with Gasteiger partial charge in [-0.15, -0.1) is 0 Å². The lowest BCUT2D eigenvalue weighted by Gasteiger charge is -2.20. The Bertz CT molecular complexity index is 472. The monoisotopic (exact) mass is 300 g/mol. The zero-order valence-electron chi connectivity index (χ0n) is 12.2. The molecule has 1 amide bonds. The van der Waals surface area contributed by atoms with Crippen LogP contribution in [0, 0.1) is 0 Å². The van der Waals surface area contributed by atoms with Crippen LogP contribution in [0.5, 0.6) is 0 Å². The fraction of sp³-hybridized carbons (Fsp3) is 0.500. The third kappa shape index (κ3) is 5.36. The molecule has 112 valence electrons. The molecule has 1 aromatic rings. The first kappa shape index (κ1) is 16.8. The summed E-state index contributed by atoms with van der Waals surface area (Å²) in [4.78, 5) is 16.3. The van der Waals surface area contributed by atoms with Crippen LogP contribution in [-0.2, 0) is 9.57 Å². The number of halogens is 1. The molecule has 5 nitrogen and oxygen atoms in total. The average molecular weight is 301 g/mol. The topological polar surface area (TPSA) is 73.6 Å². The summed E-state index contributed by atoms with van der Waals surface area (Å²) in [5.41, 5.74) is 0.946. The Morgan fingerprint density at radius 1 is 1.45 bits per heavy atom. The number of nitrogens with one attached hydrogen (secondary N) is 1. The van der Waals surface area contributed by atoms with Gasteiger partial charge in [0.25, 0.3) is 0 Å². The van der Waals surface area contributed by atoms with Gasteiger partial charge in [-0.2, -0.15) is 0 Å². The number of hydrogen-bond donors (Lipinski definition) is 2. The molecule has 20 heavy (non-hydrogen) atoms. The second-order valence-electron chi connectivity index (χ2n) is 5.60. The minimum absolute atomic E-state index is 0.0723. The predicted octanol–water partition coefficient (Wildman–Crippen LogP) is 3.68. The van der Waals surface area contributed by atoms with E-state index in [2.05, 4.69) is 10.2 Å². The number of carbonyl (C=O) groups excluding carboxylic acids is 1. The van der Waals surface area contributed by atoms with Gasteiger partial charge in [0, 0.05) is 16.6 Å². The van der Waals surface area contributed by atoms with Crippen molar-refractivity contribution in [3.8, 4) is 0 Å². The molecule has 6 heteroatoms. The summed E-state index contributed by atoms with van der Waals surface area (Å²) >= 11 is 6.19. The van der Waals surface area contributed by atoms with Crippen molar-refractivity contribution in [2.45, 2.75) is 39.2 Å². The maximum absolute atomic E-state index is 11.6. The molecule has 0 aromatic heterocycles. The van der Waals surface area contributed by atoms with Gasteiger partial charge in [0.05, 0.1) is 6.61 Å².